The summed E-state index contributed by atoms with van der Waals surface area (Å²) in [5.74, 6) is 0.195. The summed E-state index contributed by atoms with van der Waals surface area (Å²) in [5.41, 5.74) is 0.896. The fourth-order valence-electron chi connectivity index (χ4n) is 2.00. The normalized spacial score (nSPS) is 13.0. The molecule has 0 aliphatic rings. The molecule has 1 heterocycles. The highest BCUT2D eigenvalue weighted by molar-refractivity contribution is 5.92. The van der Waals surface area contributed by atoms with E-state index >= 15 is 0 Å². The Bertz CT molecular complexity index is 683. The van der Waals surface area contributed by atoms with Crippen LogP contribution in [0.1, 0.15) is 27.2 Å². The van der Waals surface area contributed by atoms with Gasteiger partial charge < -0.3 is 10.6 Å². The summed E-state index contributed by atoms with van der Waals surface area (Å²) in [5, 5.41) is 12.3. The first-order valence-corrected chi connectivity index (χ1v) is 7.98. The number of aromatic nitrogens is 2. The van der Waals surface area contributed by atoms with Crippen molar-refractivity contribution in [2.45, 2.75) is 39.3 Å². The van der Waals surface area contributed by atoms with Gasteiger partial charge in [0.1, 0.15) is 6.04 Å². The third-order valence-electron chi connectivity index (χ3n) is 3.59. The largest absolute Gasteiger partial charge is 0.352 e. The number of amides is 3. The average molecular weight is 329 g/mol. The van der Waals surface area contributed by atoms with Crippen molar-refractivity contribution in [3.8, 4) is 5.69 Å². The van der Waals surface area contributed by atoms with Gasteiger partial charge in [-0.25, -0.2) is 9.48 Å². The first-order valence-electron chi connectivity index (χ1n) is 7.98. The van der Waals surface area contributed by atoms with Crippen LogP contribution in [0.25, 0.3) is 5.69 Å². The smallest absolute Gasteiger partial charge is 0.321 e. The minimum absolute atomic E-state index is 0.0754. The predicted octanol–water partition coefficient (Wildman–Crippen LogP) is 2.30. The van der Waals surface area contributed by atoms with Crippen molar-refractivity contribution in [3.05, 3.63) is 42.6 Å². The lowest BCUT2D eigenvalue weighted by atomic mass is 10.2. The molecule has 2 rings (SSSR count). The van der Waals surface area contributed by atoms with E-state index in [1.54, 1.807) is 23.9 Å². The zero-order chi connectivity index (χ0) is 17.5. The molecule has 7 heteroatoms. The molecule has 0 aliphatic carbocycles. The van der Waals surface area contributed by atoms with Gasteiger partial charge in [-0.15, -0.1) is 5.10 Å². The second-order valence-corrected chi connectivity index (χ2v) is 5.62. The number of hydrogen-bond acceptors (Lipinski definition) is 3. The van der Waals surface area contributed by atoms with Crippen molar-refractivity contribution in [3.63, 3.8) is 0 Å². The van der Waals surface area contributed by atoms with E-state index in [1.807, 2.05) is 44.2 Å². The molecule has 0 aliphatic heterocycles. The number of nitrogens with one attached hydrogen (secondary N) is 3. The molecule has 3 N–H and O–H groups in total. The summed E-state index contributed by atoms with van der Waals surface area (Å²) in [6.07, 6.45) is 2.59. The monoisotopic (exact) mass is 329 g/mol. The van der Waals surface area contributed by atoms with Gasteiger partial charge in [-0.05, 0) is 32.4 Å². The Kier molecular flexibility index (Phi) is 5.95. The van der Waals surface area contributed by atoms with Crippen LogP contribution in [0.3, 0.4) is 0 Å². The molecule has 0 saturated heterocycles. The first kappa shape index (κ1) is 17.5. The van der Waals surface area contributed by atoms with Crippen molar-refractivity contribution in [2.24, 2.45) is 0 Å². The number of anilines is 1. The second-order valence-electron chi connectivity index (χ2n) is 5.62. The number of urea groups is 1. The van der Waals surface area contributed by atoms with Crippen LogP contribution < -0.4 is 16.0 Å². The molecule has 1 aromatic heterocycles. The van der Waals surface area contributed by atoms with Crippen molar-refractivity contribution in [2.75, 3.05) is 5.32 Å². The minimum Gasteiger partial charge on any atom is -0.352 e. The molecule has 0 saturated carbocycles. The number of rotatable bonds is 6. The molecule has 2 atom stereocenters. The summed E-state index contributed by atoms with van der Waals surface area (Å²) in [4.78, 5) is 23.9. The summed E-state index contributed by atoms with van der Waals surface area (Å²) >= 11 is 0. The molecule has 0 bridgehead atoms. The number of para-hydroxylation sites is 1. The van der Waals surface area contributed by atoms with Crippen LogP contribution in [0.2, 0.25) is 0 Å². The van der Waals surface area contributed by atoms with Crippen LogP contribution >= 0.6 is 0 Å². The summed E-state index contributed by atoms with van der Waals surface area (Å²) < 4.78 is 1.66. The molecule has 2 aromatic rings. The summed E-state index contributed by atoms with van der Waals surface area (Å²) in [7, 11) is 0. The van der Waals surface area contributed by atoms with Gasteiger partial charge in [-0.3, -0.25) is 10.1 Å². The van der Waals surface area contributed by atoms with Gasteiger partial charge in [0, 0.05) is 18.3 Å². The van der Waals surface area contributed by atoms with Crippen LogP contribution in [-0.2, 0) is 4.79 Å². The Balaban J connectivity index is 1.89. The van der Waals surface area contributed by atoms with Gasteiger partial charge in [0.2, 0.25) is 5.91 Å². The maximum absolute atomic E-state index is 12.0. The number of carbonyl (C=O) groups is 2. The standard InChI is InChI=1S/C17H23N5O2/c1-4-12(2)18-16(23)13(3)19-17(24)20-15-10-11-22(21-15)14-8-6-5-7-9-14/h5-13H,4H2,1-3H3,(H,18,23)(H2,19,20,21,24). The Morgan fingerprint density at radius 3 is 2.50 bits per heavy atom. The van der Waals surface area contributed by atoms with Crippen LogP contribution in [0.5, 0.6) is 0 Å². The Hall–Kier alpha value is -2.83. The molecule has 0 radical (unpaired) electrons. The Morgan fingerprint density at radius 2 is 1.83 bits per heavy atom. The zero-order valence-corrected chi connectivity index (χ0v) is 14.1. The van der Waals surface area contributed by atoms with Crippen molar-refractivity contribution in [1.29, 1.82) is 0 Å². The highest BCUT2D eigenvalue weighted by atomic mass is 16.2. The lowest BCUT2D eigenvalue weighted by molar-refractivity contribution is -0.123. The van der Waals surface area contributed by atoms with Crippen LogP contribution in [0.15, 0.2) is 42.6 Å². The van der Waals surface area contributed by atoms with Gasteiger partial charge in [0.05, 0.1) is 5.69 Å². The van der Waals surface area contributed by atoms with E-state index in [2.05, 4.69) is 21.0 Å². The van der Waals surface area contributed by atoms with Crippen molar-refractivity contribution >= 4 is 17.8 Å². The molecule has 128 valence electrons. The first-order chi connectivity index (χ1) is 11.5. The lowest BCUT2D eigenvalue weighted by Gasteiger charge is -2.17. The van der Waals surface area contributed by atoms with E-state index in [0.29, 0.717) is 5.82 Å². The topological polar surface area (TPSA) is 88.0 Å². The van der Waals surface area contributed by atoms with E-state index in [9.17, 15) is 9.59 Å². The molecule has 1 aromatic carbocycles. The van der Waals surface area contributed by atoms with E-state index in [4.69, 9.17) is 0 Å². The summed E-state index contributed by atoms with van der Waals surface area (Å²) in [6, 6.07) is 10.2. The Morgan fingerprint density at radius 1 is 1.12 bits per heavy atom. The van der Waals surface area contributed by atoms with E-state index in [0.717, 1.165) is 12.1 Å². The second kappa shape index (κ2) is 8.14. The van der Waals surface area contributed by atoms with Crippen LogP contribution in [0, 0.1) is 0 Å². The van der Waals surface area contributed by atoms with Gasteiger partial charge in [-0.2, -0.15) is 0 Å². The van der Waals surface area contributed by atoms with Gasteiger partial charge in [-0.1, -0.05) is 25.1 Å². The van der Waals surface area contributed by atoms with E-state index in [1.165, 1.54) is 0 Å². The van der Waals surface area contributed by atoms with Crippen LogP contribution in [0.4, 0.5) is 10.6 Å². The van der Waals surface area contributed by atoms with Gasteiger partial charge in [0.25, 0.3) is 0 Å². The highest BCUT2D eigenvalue weighted by Crippen LogP contribution is 2.09. The number of carbonyl (C=O) groups excluding carboxylic acids is 2. The summed E-state index contributed by atoms with van der Waals surface area (Å²) in [6.45, 7) is 5.54. The zero-order valence-electron chi connectivity index (χ0n) is 14.1. The molecule has 0 spiro atoms. The molecule has 24 heavy (non-hydrogen) atoms. The number of benzene rings is 1. The molecular weight excluding hydrogens is 306 g/mol. The van der Waals surface area contributed by atoms with Crippen molar-refractivity contribution in [1.82, 2.24) is 20.4 Å². The SMILES string of the molecule is CCC(C)NC(=O)C(C)NC(=O)Nc1ccn(-c2ccccc2)n1. The highest BCUT2D eigenvalue weighted by Gasteiger charge is 2.17. The third-order valence-corrected chi connectivity index (χ3v) is 3.59. The molecular formula is C17H23N5O2. The number of nitrogens with zero attached hydrogens (tertiary/aromatic N) is 2. The van der Waals surface area contributed by atoms with E-state index in [-0.39, 0.29) is 11.9 Å². The molecule has 0 fully saturated rings. The molecule has 2 unspecified atom stereocenters. The lowest BCUT2D eigenvalue weighted by Crippen LogP contribution is -2.48. The predicted molar refractivity (Wildman–Crippen MR) is 93.1 cm³/mol. The molecule has 7 nitrogen and oxygen atoms in total. The number of hydrogen-bond donors (Lipinski definition) is 3. The fourth-order valence-corrected chi connectivity index (χ4v) is 2.00. The molecule has 3 amide bonds. The van der Waals surface area contributed by atoms with Crippen molar-refractivity contribution < 1.29 is 9.59 Å². The quantitative estimate of drug-likeness (QED) is 0.760. The maximum atomic E-state index is 12.0. The van der Waals surface area contributed by atoms with Gasteiger partial charge in [0.15, 0.2) is 5.82 Å². The van der Waals surface area contributed by atoms with Gasteiger partial charge >= 0.3 is 6.03 Å². The average Bonchev–Trinajstić information content (AvgIpc) is 3.03. The maximum Gasteiger partial charge on any atom is 0.321 e. The minimum atomic E-state index is -0.629. The fraction of sp³-hybridized carbons (Fsp3) is 0.353. The third kappa shape index (κ3) is 4.84. The van der Waals surface area contributed by atoms with Crippen LogP contribution in [-0.4, -0.2) is 33.8 Å². The Labute approximate surface area is 141 Å². The van der Waals surface area contributed by atoms with E-state index < -0.39 is 12.1 Å².